The van der Waals surface area contributed by atoms with Gasteiger partial charge in [-0.1, -0.05) is 32.9 Å². The SMILES string of the molecule is C=CCN(C)C1Cc2ccc(OC)c3c2C2C1CCC(NCCC)C2O3.CC. The Balaban J connectivity index is 0.00000109. The van der Waals surface area contributed by atoms with Crippen LogP contribution in [0, 0.1) is 5.92 Å². The second-order valence-electron chi connectivity index (χ2n) is 8.08. The molecule has 2 aliphatic carbocycles. The Morgan fingerprint density at radius 1 is 1.32 bits per heavy atom. The Labute approximate surface area is 171 Å². The largest absolute Gasteiger partial charge is 0.493 e. The molecule has 1 fully saturated rings. The molecule has 3 aliphatic rings. The Bertz CT molecular complexity index is 675. The topological polar surface area (TPSA) is 33.7 Å². The van der Waals surface area contributed by atoms with E-state index in [1.165, 1.54) is 24.0 Å². The van der Waals surface area contributed by atoms with E-state index in [-0.39, 0.29) is 6.10 Å². The lowest BCUT2D eigenvalue weighted by atomic mass is 9.64. The summed E-state index contributed by atoms with van der Waals surface area (Å²) in [5.41, 5.74) is 2.88. The molecule has 0 radical (unpaired) electrons. The highest BCUT2D eigenvalue weighted by atomic mass is 16.5. The summed E-state index contributed by atoms with van der Waals surface area (Å²) in [6.07, 6.45) is 6.95. The number of rotatable bonds is 7. The summed E-state index contributed by atoms with van der Waals surface area (Å²) in [5, 5.41) is 3.75. The van der Waals surface area contributed by atoms with E-state index in [1.807, 2.05) is 19.9 Å². The molecule has 5 unspecified atom stereocenters. The molecule has 5 atom stereocenters. The quantitative estimate of drug-likeness (QED) is 0.705. The van der Waals surface area contributed by atoms with Crippen molar-refractivity contribution in [3.8, 4) is 11.5 Å². The molecule has 0 saturated heterocycles. The lowest BCUT2D eigenvalue weighted by Gasteiger charge is -2.47. The van der Waals surface area contributed by atoms with E-state index in [9.17, 15) is 0 Å². The zero-order valence-corrected chi connectivity index (χ0v) is 18.3. The molecule has 28 heavy (non-hydrogen) atoms. The monoisotopic (exact) mass is 386 g/mol. The maximum Gasteiger partial charge on any atom is 0.165 e. The van der Waals surface area contributed by atoms with E-state index in [2.05, 4.69) is 42.9 Å². The molecule has 0 spiro atoms. The van der Waals surface area contributed by atoms with Gasteiger partial charge in [0.25, 0.3) is 0 Å². The van der Waals surface area contributed by atoms with Gasteiger partial charge in [-0.2, -0.15) is 0 Å². The van der Waals surface area contributed by atoms with E-state index in [0.29, 0.717) is 23.9 Å². The predicted octanol–water partition coefficient (Wildman–Crippen LogP) is 4.39. The van der Waals surface area contributed by atoms with Crippen molar-refractivity contribution in [3.05, 3.63) is 35.9 Å². The van der Waals surface area contributed by atoms with Gasteiger partial charge in [-0.05, 0) is 56.8 Å². The van der Waals surface area contributed by atoms with Gasteiger partial charge in [0, 0.05) is 30.1 Å². The van der Waals surface area contributed by atoms with Crippen LogP contribution in [0.25, 0.3) is 0 Å². The average Bonchev–Trinajstić information content (AvgIpc) is 3.14. The molecular weight excluding hydrogens is 348 g/mol. The third-order valence-corrected chi connectivity index (χ3v) is 6.64. The van der Waals surface area contributed by atoms with Crippen LogP contribution in [-0.4, -0.2) is 50.3 Å². The van der Waals surface area contributed by atoms with Crippen molar-refractivity contribution in [2.24, 2.45) is 5.92 Å². The van der Waals surface area contributed by atoms with Crippen molar-refractivity contribution in [1.82, 2.24) is 10.2 Å². The van der Waals surface area contributed by atoms with Crippen LogP contribution >= 0.6 is 0 Å². The molecule has 156 valence electrons. The highest BCUT2D eigenvalue weighted by molar-refractivity contribution is 5.58. The highest BCUT2D eigenvalue weighted by Gasteiger charge is 2.53. The van der Waals surface area contributed by atoms with E-state index in [1.54, 1.807) is 7.11 Å². The molecule has 1 saturated carbocycles. The van der Waals surface area contributed by atoms with Crippen molar-refractivity contribution < 1.29 is 9.47 Å². The molecule has 1 aliphatic heterocycles. The van der Waals surface area contributed by atoms with Gasteiger partial charge in [0.1, 0.15) is 6.10 Å². The van der Waals surface area contributed by atoms with Gasteiger partial charge < -0.3 is 14.8 Å². The second-order valence-corrected chi connectivity index (χ2v) is 8.08. The van der Waals surface area contributed by atoms with Gasteiger partial charge in [0.05, 0.1) is 7.11 Å². The number of nitrogens with one attached hydrogen (secondary N) is 1. The molecule has 4 rings (SSSR count). The zero-order valence-electron chi connectivity index (χ0n) is 18.3. The normalized spacial score (nSPS) is 29.4. The van der Waals surface area contributed by atoms with Crippen LogP contribution in [0.1, 0.15) is 57.1 Å². The third-order valence-electron chi connectivity index (χ3n) is 6.64. The minimum atomic E-state index is 0.227. The van der Waals surface area contributed by atoms with Crippen LogP contribution in [0.5, 0.6) is 11.5 Å². The fourth-order valence-electron chi connectivity index (χ4n) is 5.50. The number of ether oxygens (including phenoxy) is 2. The van der Waals surface area contributed by atoms with Crippen LogP contribution in [-0.2, 0) is 6.42 Å². The lowest BCUT2D eigenvalue weighted by Crippen LogP contribution is -2.55. The van der Waals surface area contributed by atoms with Gasteiger partial charge >= 0.3 is 0 Å². The molecule has 4 heteroatoms. The van der Waals surface area contributed by atoms with Crippen molar-refractivity contribution >= 4 is 0 Å². The van der Waals surface area contributed by atoms with Crippen molar-refractivity contribution in [1.29, 1.82) is 0 Å². The lowest BCUT2D eigenvalue weighted by molar-refractivity contribution is 0.0434. The fourth-order valence-corrected chi connectivity index (χ4v) is 5.50. The third kappa shape index (κ3) is 3.57. The van der Waals surface area contributed by atoms with Gasteiger partial charge in [-0.3, -0.25) is 4.90 Å². The molecule has 1 N–H and O–H groups in total. The van der Waals surface area contributed by atoms with Crippen molar-refractivity contribution in [2.75, 3.05) is 27.2 Å². The molecule has 1 heterocycles. The maximum atomic E-state index is 6.60. The number of hydrogen-bond acceptors (Lipinski definition) is 4. The summed E-state index contributed by atoms with van der Waals surface area (Å²) in [4.78, 5) is 2.49. The Hall–Kier alpha value is -1.52. The van der Waals surface area contributed by atoms with Gasteiger partial charge in [-0.25, -0.2) is 0 Å². The van der Waals surface area contributed by atoms with Gasteiger partial charge in [0.15, 0.2) is 11.5 Å². The Morgan fingerprint density at radius 3 is 2.79 bits per heavy atom. The Kier molecular flexibility index (Phi) is 7.05. The number of hydrogen-bond donors (Lipinski definition) is 1. The summed E-state index contributed by atoms with van der Waals surface area (Å²) >= 11 is 0. The molecule has 0 bridgehead atoms. The number of nitrogens with zero attached hydrogens (tertiary/aromatic N) is 1. The van der Waals surface area contributed by atoms with E-state index < -0.39 is 0 Å². The maximum absolute atomic E-state index is 6.60. The molecular formula is C24H38N2O2. The molecule has 1 aromatic carbocycles. The van der Waals surface area contributed by atoms with E-state index in [0.717, 1.165) is 37.4 Å². The number of benzene rings is 1. The van der Waals surface area contributed by atoms with Crippen LogP contribution in [0.2, 0.25) is 0 Å². The Morgan fingerprint density at radius 2 is 2.11 bits per heavy atom. The summed E-state index contributed by atoms with van der Waals surface area (Å²) in [6, 6.07) is 5.34. The predicted molar refractivity (Wildman–Crippen MR) is 117 cm³/mol. The first-order valence-electron chi connectivity index (χ1n) is 11.1. The van der Waals surface area contributed by atoms with Gasteiger partial charge in [-0.15, -0.1) is 6.58 Å². The molecule has 0 amide bonds. The van der Waals surface area contributed by atoms with Gasteiger partial charge in [0.2, 0.25) is 0 Å². The number of methoxy groups -OCH3 is 1. The summed E-state index contributed by atoms with van der Waals surface area (Å²) in [6.45, 7) is 12.2. The van der Waals surface area contributed by atoms with Crippen LogP contribution in [0.3, 0.4) is 0 Å². The summed E-state index contributed by atoms with van der Waals surface area (Å²) in [5.74, 6) is 3.03. The van der Waals surface area contributed by atoms with Crippen LogP contribution < -0.4 is 14.8 Å². The zero-order chi connectivity index (χ0) is 20.3. The summed E-state index contributed by atoms with van der Waals surface area (Å²) < 4.78 is 12.2. The first-order valence-corrected chi connectivity index (χ1v) is 11.1. The molecule has 1 aromatic rings. The first kappa shape index (κ1) is 21.2. The van der Waals surface area contributed by atoms with E-state index in [4.69, 9.17) is 9.47 Å². The second kappa shape index (κ2) is 9.32. The van der Waals surface area contributed by atoms with Crippen molar-refractivity contribution in [2.45, 2.75) is 70.6 Å². The minimum Gasteiger partial charge on any atom is -0.493 e. The van der Waals surface area contributed by atoms with Crippen molar-refractivity contribution in [3.63, 3.8) is 0 Å². The van der Waals surface area contributed by atoms with Crippen LogP contribution in [0.15, 0.2) is 24.8 Å². The highest BCUT2D eigenvalue weighted by Crippen LogP contribution is 2.57. The number of likely N-dealkylation sites (N-methyl/N-ethyl adjacent to an activating group) is 1. The van der Waals surface area contributed by atoms with Crippen LogP contribution in [0.4, 0.5) is 0 Å². The smallest absolute Gasteiger partial charge is 0.165 e. The molecule has 4 nitrogen and oxygen atoms in total. The first-order chi connectivity index (χ1) is 13.7. The fraction of sp³-hybridized carbons (Fsp3) is 0.667. The van der Waals surface area contributed by atoms with E-state index >= 15 is 0 Å². The minimum absolute atomic E-state index is 0.227. The molecule has 0 aromatic heterocycles. The summed E-state index contributed by atoms with van der Waals surface area (Å²) in [7, 11) is 3.99. The average molecular weight is 387 g/mol. The standard InChI is InChI=1S/C22H32N2O2.C2H6/c1-5-11-23-16-9-8-15-17(24(3)12-6-2)13-14-7-10-18(25-4)22-19(14)20(15)21(16)26-22;1-2/h6-7,10,15-17,20-21,23H,2,5,8-9,11-13H2,1,3-4H3;1-2H3.